The predicted molar refractivity (Wildman–Crippen MR) is 83.7 cm³/mol. The second kappa shape index (κ2) is 6.72. The number of rotatable bonds is 6. The lowest BCUT2D eigenvalue weighted by atomic mass is 9.83. The molecule has 0 saturated carbocycles. The van der Waals surface area contributed by atoms with Crippen LogP contribution in [0.4, 0.5) is 0 Å². The van der Waals surface area contributed by atoms with Gasteiger partial charge in [0.2, 0.25) is 0 Å². The first-order valence-electron chi connectivity index (χ1n) is 8.09. The molecule has 2 heterocycles. The lowest BCUT2D eigenvalue weighted by Gasteiger charge is -2.47. The molecule has 0 radical (unpaired) electrons. The average molecular weight is 278 g/mol. The van der Waals surface area contributed by atoms with Gasteiger partial charge in [-0.15, -0.1) is 0 Å². The van der Waals surface area contributed by atoms with E-state index in [1.54, 1.807) is 0 Å². The van der Waals surface area contributed by atoms with Gasteiger partial charge in [-0.25, -0.2) is 0 Å². The maximum atomic E-state index is 4.67. The van der Waals surface area contributed by atoms with E-state index in [-0.39, 0.29) is 5.54 Å². The Kier molecular flexibility index (Phi) is 5.22. The Hall–Kier alpha value is -0.870. The molecule has 0 bridgehead atoms. The highest BCUT2D eigenvalue weighted by Crippen LogP contribution is 2.35. The van der Waals surface area contributed by atoms with Crippen LogP contribution in [0.15, 0.2) is 12.3 Å². The molecule has 0 amide bonds. The fraction of sp³-hybridized carbons (Fsp3) is 0.812. The smallest absolute Gasteiger partial charge is 0.0812 e. The Labute approximate surface area is 123 Å². The SMILES string of the molecule is CCNC(c1ccn(C)n1)C(C)(CC)N1CCCCC1. The van der Waals surface area contributed by atoms with Crippen molar-refractivity contribution in [2.24, 2.45) is 7.05 Å². The van der Waals surface area contributed by atoms with Crippen LogP contribution in [-0.4, -0.2) is 39.9 Å². The van der Waals surface area contributed by atoms with Gasteiger partial charge in [-0.2, -0.15) is 5.10 Å². The highest BCUT2D eigenvalue weighted by molar-refractivity contribution is 5.14. The van der Waals surface area contributed by atoms with Crippen LogP contribution in [0.2, 0.25) is 0 Å². The lowest BCUT2D eigenvalue weighted by molar-refractivity contribution is 0.0415. The number of hydrogen-bond donors (Lipinski definition) is 1. The zero-order chi connectivity index (χ0) is 14.6. The summed E-state index contributed by atoms with van der Waals surface area (Å²) in [5.74, 6) is 0. The maximum absolute atomic E-state index is 4.67. The van der Waals surface area contributed by atoms with Crippen molar-refractivity contribution in [2.45, 2.75) is 58.0 Å². The van der Waals surface area contributed by atoms with E-state index in [1.807, 2.05) is 17.9 Å². The zero-order valence-electron chi connectivity index (χ0n) is 13.5. The van der Waals surface area contributed by atoms with E-state index in [0.717, 1.165) is 13.0 Å². The van der Waals surface area contributed by atoms with Crippen LogP contribution in [0.25, 0.3) is 0 Å². The zero-order valence-corrected chi connectivity index (χ0v) is 13.5. The molecule has 4 nitrogen and oxygen atoms in total. The number of aryl methyl sites for hydroxylation is 1. The maximum Gasteiger partial charge on any atom is 0.0812 e. The van der Waals surface area contributed by atoms with Gasteiger partial charge < -0.3 is 5.32 Å². The quantitative estimate of drug-likeness (QED) is 0.868. The lowest BCUT2D eigenvalue weighted by Crippen LogP contribution is -2.56. The third kappa shape index (κ3) is 3.07. The molecule has 1 aromatic rings. The van der Waals surface area contributed by atoms with Crippen molar-refractivity contribution in [1.29, 1.82) is 0 Å². The van der Waals surface area contributed by atoms with Crippen molar-refractivity contribution >= 4 is 0 Å². The van der Waals surface area contributed by atoms with E-state index in [1.165, 1.54) is 38.0 Å². The normalized spacial score (nSPS) is 21.6. The van der Waals surface area contributed by atoms with Gasteiger partial charge in [0, 0.05) is 18.8 Å². The first-order valence-corrected chi connectivity index (χ1v) is 8.09. The molecule has 2 rings (SSSR count). The van der Waals surface area contributed by atoms with Gasteiger partial charge in [0.25, 0.3) is 0 Å². The minimum atomic E-state index is 0.144. The van der Waals surface area contributed by atoms with E-state index in [4.69, 9.17) is 0 Å². The molecule has 2 atom stereocenters. The number of nitrogens with zero attached hydrogens (tertiary/aromatic N) is 3. The second-order valence-electron chi connectivity index (χ2n) is 6.16. The first kappa shape index (κ1) is 15.5. The average Bonchev–Trinajstić information content (AvgIpc) is 2.91. The highest BCUT2D eigenvalue weighted by atomic mass is 15.3. The van der Waals surface area contributed by atoms with Crippen LogP contribution in [0.5, 0.6) is 0 Å². The number of hydrogen-bond acceptors (Lipinski definition) is 3. The minimum Gasteiger partial charge on any atom is -0.307 e. The first-order chi connectivity index (χ1) is 9.61. The van der Waals surface area contributed by atoms with Crippen molar-refractivity contribution in [3.63, 3.8) is 0 Å². The summed E-state index contributed by atoms with van der Waals surface area (Å²) in [6, 6.07) is 2.46. The van der Waals surface area contributed by atoms with Crippen LogP contribution >= 0.6 is 0 Å². The molecule has 1 aliphatic heterocycles. The van der Waals surface area contributed by atoms with Gasteiger partial charge in [0.1, 0.15) is 0 Å². The van der Waals surface area contributed by atoms with E-state index < -0.39 is 0 Å². The van der Waals surface area contributed by atoms with Gasteiger partial charge in [-0.1, -0.05) is 20.3 Å². The van der Waals surface area contributed by atoms with Gasteiger partial charge in [0.05, 0.1) is 11.7 Å². The van der Waals surface area contributed by atoms with Crippen molar-refractivity contribution in [3.8, 4) is 0 Å². The Morgan fingerprint density at radius 3 is 2.50 bits per heavy atom. The van der Waals surface area contributed by atoms with Gasteiger partial charge in [-0.3, -0.25) is 9.58 Å². The molecule has 4 heteroatoms. The fourth-order valence-electron chi connectivity index (χ4n) is 3.45. The summed E-state index contributed by atoms with van der Waals surface area (Å²) in [6.07, 6.45) is 7.23. The number of nitrogens with one attached hydrogen (secondary N) is 1. The van der Waals surface area contributed by atoms with E-state index in [9.17, 15) is 0 Å². The van der Waals surface area contributed by atoms with Gasteiger partial charge in [-0.05, 0) is 51.9 Å². The molecule has 1 aromatic heterocycles. The molecule has 0 aromatic carbocycles. The summed E-state index contributed by atoms with van der Waals surface area (Å²) >= 11 is 0. The molecular formula is C16H30N4. The molecule has 114 valence electrons. The topological polar surface area (TPSA) is 33.1 Å². The minimum absolute atomic E-state index is 0.144. The summed E-state index contributed by atoms with van der Waals surface area (Å²) < 4.78 is 1.91. The molecule has 1 aliphatic rings. The summed E-state index contributed by atoms with van der Waals surface area (Å²) in [5, 5.41) is 8.35. The highest BCUT2D eigenvalue weighted by Gasteiger charge is 2.40. The Balaban J connectivity index is 2.27. The van der Waals surface area contributed by atoms with Crippen LogP contribution in [0.1, 0.15) is 58.2 Å². The Morgan fingerprint density at radius 2 is 2.00 bits per heavy atom. The summed E-state index contributed by atoms with van der Waals surface area (Å²) in [5.41, 5.74) is 1.31. The molecule has 20 heavy (non-hydrogen) atoms. The van der Waals surface area contributed by atoms with Crippen LogP contribution in [0.3, 0.4) is 0 Å². The number of piperidine rings is 1. The van der Waals surface area contributed by atoms with Crippen molar-refractivity contribution in [2.75, 3.05) is 19.6 Å². The molecule has 1 fully saturated rings. The Bertz CT molecular complexity index is 408. The van der Waals surface area contributed by atoms with Crippen molar-refractivity contribution in [1.82, 2.24) is 20.0 Å². The summed E-state index contributed by atoms with van der Waals surface area (Å²) in [6.45, 7) is 10.3. The molecule has 1 N–H and O–H groups in total. The molecule has 0 spiro atoms. The molecular weight excluding hydrogens is 248 g/mol. The fourth-order valence-corrected chi connectivity index (χ4v) is 3.45. The molecule has 0 aliphatic carbocycles. The summed E-state index contributed by atoms with van der Waals surface area (Å²) in [7, 11) is 2.00. The van der Waals surface area contributed by atoms with E-state index in [0.29, 0.717) is 6.04 Å². The van der Waals surface area contributed by atoms with Crippen molar-refractivity contribution in [3.05, 3.63) is 18.0 Å². The van der Waals surface area contributed by atoms with Crippen molar-refractivity contribution < 1.29 is 0 Å². The van der Waals surface area contributed by atoms with E-state index in [2.05, 4.69) is 42.2 Å². The van der Waals surface area contributed by atoms with E-state index >= 15 is 0 Å². The van der Waals surface area contributed by atoms with Crippen LogP contribution < -0.4 is 5.32 Å². The Morgan fingerprint density at radius 1 is 1.30 bits per heavy atom. The standard InChI is InChI=1S/C16H30N4/c1-5-16(3,20-11-8-7-9-12-20)15(17-6-2)14-10-13-19(4)18-14/h10,13,15,17H,5-9,11-12H2,1-4H3. The number of likely N-dealkylation sites (N-methyl/N-ethyl adjacent to an activating group) is 1. The van der Waals surface area contributed by atoms with Crippen LogP contribution in [-0.2, 0) is 7.05 Å². The van der Waals surface area contributed by atoms with Crippen LogP contribution in [0, 0.1) is 0 Å². The molecule has 1 saturated heterocycles. The summed E-state index contributed by atoms with van der Waals surface area (Å²) in [4.78, 5) is 2.68. The number of likely N-dealkylation sites (tertiary alicyclic amines) is 1. The second-order valence-corrected chi connectivity index (χ2v) is 6.16. The third-order valence-electron chi connectivity index (χ3n) is 4.85. The largest absolute Gasteiger partial charge is 0.307 e. The van der Waals surface area contributed by atoms with Gasteiger partial charge in [0.15, 0.2) is 0 Å². The predicted octanol–water partition coefficient (Wildman–Crippen LogP) is 2.73. The third-order valence-corrected chi connectivity index (χ3v) is 4.85. The van der Waals surface area contributed by atoms with Gasteiger partial charge >= 0.3 is 0 Å². The molecule has 2 unspecified atom stereocenters. The monoisotopic (exact) mass is 278 g/mol. The number of aromatic nitrogens is 2.